The van der Waals surface area contributed by atoms with E-state index in [9.17, 15) is 9.90 Å². The van der Waals surface area contributed by atoms with E-state index in [0.29, 0.717) is 13.0 Å². The van der Waals surface area contributed by atoms with Crippen LogP contribution in [0.4, 0.5) is 0 Å². The van der Waals surface area contributed by atoms with Crippen LogP contribution in [0.3, 0.4) is 0 Å². The van der Waals surface area contributed by atoms with E-state index >= 15 is 0 Å². The topological polar surface area (TPSA) is 74.2 Å². The predicted octanol–water partition coefficient (Wildman–Crippen LogP) is 1.41. The summed E-state index contributed by atoms with van der Waals surface area (Å²) in [5.74, 6) is -1.10. The Kier molecular flexibility index (Phi) is 4.40. The SMILES string of the molecule is COCOCC1=CCC[C@@H]2C(=O)[C@@H]3OC(C)(C)O[C@@H]3[C@H](O)[C@]12C. The summed E-state index contributed by atoms with van der Waals surface area (Å²) in [4.78, 5) is 12.9. The van der Waals surface area contributed by atoms with Crippen molar-refractivity contribution >= 4 is 5.78 Å². The van der Waals surface area contributed by atoms with Gasteiger partial charge in [-0.15, -0.1) is 0 Å². The third-order valence-electron chi connectivity index (χ3n) is 5.40. The first kappa shape index (κ1) is 17.0. The van der Waals surface area contributed by atoms with Crippen molar-refractivity contribution in [2.24, 2.45) is 11.3 Å². The lowest BCUT2D eigenvalue weighted by atomic mass is 9.56. The van der Waals surface area contributed by atoms with Gasteiger partial charge >= 0.3 is 0 Å². The maximum Gasteiger partial charge on any atom is 0.168 e. The van der Waals surface area contributed by atoms with Gasteiger partial charge in [-0.1, -0.05) is 13.0 Å². The number of hydrogen-bond acceptors (Lipinski definition) is 6. The lowest BCUT2D eigenvalue weighted by Gasteiger charge is -2.50. The van der Waals surface area contributed by atoms with Crippen molar-refractivity contribution in [3.05, 3.63) is 11.6 Å². The third kappa shape index (κ3) is 2.66. The highest BCUT2D eigenvalue weighted by Crippen LogP contribution is 2.53. The van der Waals surface area contributed by atoms with Crippen LogP contribution >= 0.6 is 0 Å². The predicted molar refractivity (Wildman–Crippen MR) is 81.6 cm³/mol. The van der Waals surface area contributed by atoms with E-state index in [4.69, 9.17) is 18.9 Å². The molecule has 1 saturated heterocycles. The molecule has 0 spiro atoms. The first-order valence-corrected chi connectivity index (χ1v) is 8.15. The molecule has 3 rings (SSSR count). The summed E-state index contributed by atoms with van der Waals surface area (Å²) < 4.78 is 22.0. The molecule has 130 valence electrons. The van der Waals surface area contributed by atoms with E-state index in [0.717, 1.165) is 12.0 Å². The van der Waals surface area contributed by atoms with Gasteiger partial charge in [-0.2, -0.15) is 0 Å². The number of rotatable bonds is 4. The Morgan fingerprint density at radius 1 is 1.35 bits per heavy atom. The van der Waals surface area contributed by atoms with Crippen molar-refractivity contribution in [3.8, 4) is 0 Å². The number of fused-ring (bicyclic) bond motifs is 2. The Hall–Kier alpha value is -0.790. The van der Waals surface area contributed by atoms with Gasteiger partial charge in [0.2, 0.25) is 0 Å². The number of carbonyl (C=O) groups excluding carboxylic acids is 1. The average Bonchev–Trinajstić information content (AvgIpc) is 2.83. The Morgan fingerprint density at radius 3 is 2.78 bits per heavy atom. The second-order valence-corrected chi connectivity index (χ2v) is 7.26. The van der Waals surface area contributed by atoms with Crippen LogP contribution in [0.5, 0.6) is 0 Å². The Balaban J connectivity index is 1.90. The second-order valence-electron chi connectivity index (χ2n) is 7.26. The van der Waals surface area contributed by atoms with Gasteiger partial charge in [0.05, 0.1) is 12.7 Å². The zero-order valence-corrected chi connectivity index (χ0v) is 14.2. The Labute approximate surface area is 136 Å². The summed E-state index contributed by atoms with van der Waals surface area (Å²) in [6, 6.07) is 0. The molecule has 2 fully saturated rings. The van der Waals surface area contributed by atoms with E-state index in [1.54, 1.807) is 21.0 Å². The van der Waals surface area contributed by atoms with Crippen molar-refractivity contribution in [1.82, 2.24) is 0 Å². The molecule has 0 radical (unpaired) electrons. The van der Waals surface area contributed by atoms with Crippen LogP contribution in [-0.4, -0.2) is 55.5 Å². The number of ketones is 1. The molecule has 6 heteroatoms. The summed E-state index contributed by atoms with van der Waals surface area (Å²) in [7, 11) is 1.56. The first-order chi connectivity index (χ1) is 10.8. The summed E-state index contributed by atoms with van der Waals surface area (Å²) in [5, 5.41) is 11.0. The molecular formula is C17H26O6. The largest absolute Gasteiger partial charge is 0.389 e. The number of methoxy groups -OCH3 is 1. The lowest BCUT2D eigenvalue weighted by Crippen LogP contribution is -2.62. The standard InChI is InChI=1S/C17H26O6/c1-16(2)22-13-12(18)11-7-5-6-10(8-21-9-20-4)17(11,3)15(19)14(13)23-16/h6,11,13-15,19H,5,7-9H2,1-4H3/t11-,13+,14+,15+,17-/m1/s1. The Bertz CT molecular complexity index is 513. The molecule has 0 amide bonds. The van der Waals surface area contributed by atoms with E-state index in [1.807, 2.05) is 6.92 Å². The van der Waals surface area contributed by atoms with E-state index in [1.165, 1.54) is 0 Å². The summed E-state index contributed by atoms with van der Waals surface area (Å²) in [6.07, 6.45) is 1.46. The maximum absolute atomic E-state index is 12.9. The number of Topliss-reactive ketones (excluding diaryl/α,β-unsaturated/α-hetero) is 1. The number of ether oxygens (including phenoxy) is 4. The molecule has 2 aliphatic carbocycles. The minimum atomic E-state index is -0.855. The molecular weight excluding hydrogens is 300 g/mol. The fraction of sp³-hybridized carbons (Fsp3) is 0.824. The molecule has 0 bridgehead atoms. The number of hydrogen-bond donors (Lipinski definition) is 1. The van der Waals surface area contributed by atoms with Crippen molar-refractivity contribution in [1.29, 1.82) is 0 Å². The van der Waals surface area contributed by atoms with Crippen LogP contribution in [-0.2, 0) is 23.7 Å². The third-order valence-corrected chi connectivity index (χ3v) is 5.40. The molecule has 0 aromatic heterocycles. The number of carbonyl (C=O) groups is 1. The fourth-order valence-electron chi connectivity index (χ4n) is 4.23. The summed E-state index contributed by atoms with van der Waals surface area (Å²) in [5.41, 5.74) is 0.256. The number of aliphatic hydroxyl groups is 1. The molecule has 1 N–H and O–H groups in total. The van der Waals surface area contributed by atoms with Crippen molar-refractivity contribution in [2.45, 2.75) is 57.7 Å². The highest BCUT2D eigenvalue weighted by Gasteiger charge is 2.63. The van der Waals surface area contributed by atoms with Crippen LogP contribution in [0, 0.1) is 11.3 Å². The average molecular weight is 326 g/mol. The molecule has 5 atom stereocenters. The Morgan fingerprint density at radius 2 is 2.09 bits per heavy atom. The van der Waals surface area contributed by atoms with Crippen LogP contribution < -0.4 is 0 Å². The van der Waals surface area contributed by atoms with Gasteiger partial charge in [0.15, 0.2) is 11.6 Å². The van der Waals surface area contributed by atoms with E-state index in [2.05, 4.69) is 6.08 Å². The summed E-state index contributed by atoms with van der Waals surface area (Å²) >= 11 is 0. The van der Waals surface area contributed by atoms with Gasteiger partial charge in [-0.25, -0.2) is 0 Å². The van der Waals surface area contributed by atoms with Crippen LogP contribution in [0.15, 0.2) is 11.6 Å². The molecule has 0 aromatic carbocycles. The monoisotopic (exact) mass is 326 g/mol. The van der Waals surface area contributed by atoms with Gasteiger partial charge in [-0.3, -0.25) is 4.79 Å². The van der Waals surface area contributed by atoms with Gasteiger partial charge in [-0.05, 0) is 32.3 Å². The van der Waals surface area contributed by atoms with Crippen LogP contribution in [0.1, 0.15) is 33.6 Å². The zero-order valence-electron chi connectivity index (χ0n) is 14.2. The zero-order chi connectivity index (χ0) is 16.8. The van der Waals surface area contributed by atoms with Gasteiger partial charge in [0.25, 0.3) is 0 Å². The molecule has 1 aliphatic heterocycles. The van der Waals surface area contributed by atoms with Crippen molar-refractivity contribution in [3.63, 3.8) is 0 Å². The van der Waals surface area contributed by atoms with Crippen LogP contribution in [0.2, 0.25) is 0 Å². The number of aliphatic hydroxyl groups excluding tert-OH is 1. The van der Waals surface area contributed by atoms with Gasteiger partial charge in [0, 0.05) is 18.4 Å². The minimum Gasteiger partial charge on any atom is -0.389 e. The van der Waals surface area contributed by atoms with E-state index in [-0.39, 0.29) is 18.5 Å². The smallest absolute Gasteiger partial charge is 0.168 e. The molecule has 6 nitrogen and oxygen atoms in total. The molecule has 23 heavy (non-hydrogen) atoms. The van der Waals surface area contributed by atoms with Gasteiger partial charge < -0.3 is 24.1 Å². The van der Waals surface area contributed by atoms with Gasteiger partial charge in [0.1, 0.15) is 19.0 Å². The first-order valence-electron chi connectivity index (χ1n) is 8.15. The maximum atomic E-state index is 12.9. The summed E-state index contributed by atoms with van der Waals surface area (Å²) in [6.45, 7) is 6.01. The number of allylic oxidation sites excluding steroid dienone is 1. The lowest BCUT2D eigenvalue weighted by molar-refractivity contribution is -0.163. The van der Waals surface area contributed by atoms with Crippen LogP contribution in [0.25, 0.3) is 0 Å². The van der Waals surface area contributed by atoms with E-state index < -0.39 is 29.5 Å². The molecule has 1 saturated carbocycles. The molecule has 1 heterocycles. The normalized spacial score (nSPS) is 42.1. The highest BCUT2D eigenvalue weighted by molar-refractivity contribution is 5.89. The minimum absolute atomic E-state index is 0.0331. The van der Waals surface area contributed by atoms with Crippen molar-refractivity contribution in [2.75, 3.05) is 20.5 Å². The molecule has 0 unspecified atom stereocenters. The molecule has 3 aliphatic rings. The fourth-order valence-corrected chi connectivity index (χ4v) is 4.23. The molecule has 0 aromatic rings. The quantitative estimate of drug-likeness (QED) is 0.478. The van der Waals surface area contributed by atoms with Crippen molar-refractivity contribution < 1.29 is 28.8 Å². The highest BCUT2D eigenvalue weighted by atomic mass is 16.8. The second kappa shape index (κ2) is 5.93.